The fourth-order valence-corrected chi connectivity index (χ4v) is 5.18. The number of unbranched alkanes of at least 4 members (excludes halogenated alkanes) is 5. The average Bonchev–Trinajstić information content (AvgIpc) is 3.13. The summed E-state index contributed by atoms with van der Waals surface area (Å²) in [6.07, 6.45) is 4.52. The van der Waals surface area contributed by atoms with Gasteiger partial charge in [0.15, 0.2) is 6.61 Å². The molecule has 1 aliphatic rings. The summed E-state index contributed by atoms with van der Waals surface area (Å²) < 4.78 is 46.2. The van der Waals surface area contributed by atoms with Crippen LogP contribution in [0.15, 0.2) is 60.4 Å². The molecule has 1 amide bonds. The molecule has 1 heterocycles. The SMILES string of the molecule is CCCCCCCCC1(C)SC(=O)C=C1OCC(=O)Nc1ccc(-c2ccc(OC(F)(F)F)cc2)cc1. The lowest BCUT2D eigenvalue weighted by molar-refractivity contribution is -0.274. The molecule has 1 atom stereocenters. The van der Waals surface area contributed by atoms with E-state index >= 15 is 0 Å². The van der Waals surface area contributed by atoms with Crippen molar-refractivity contribution in [2.45, 2.75) is 69.9 Å². The molecule has 0 aliphatic carbocycles. The fraction of sp³-hybridized carbons (Fsp3) is 0.429. The molecule has 0 aromatic heterocycles. The van der Waals surface area contributed by atoms with Crippen molar-refractivity contribution in [2.24, 2.45) is 0 Å². The van der Waals surface area contributed by atoms with E-state index in [1.54, 1.807) is 24.3 Å². The highest BCUT2D eigenvalue weighted by molar-refractivity contribution is 8.15. The third-order valence-corrected chi connectivity index (χ3v) is 7.23. The highest BCUT2D eigenvalue weighted by Crippen LogP contribution is 2.44. The molecule has 1 aliphatic heterocycles. The molecule has 0 saturated carbocycles. The largest absolute Gasteiger partial charge is 0.573 e. The molecule has 0 saturated heterocycles. The Labute approximate surface area is 219 Å². The van der Waals surface area contributed by atoms with Crippen LogP contribution in [-0.4, -0.2) is 28.7 Å². The van der Waals surface area contributed by atoms with Gasteiger partial charge in [0.05, 0.1) is 4.75 Å². The van der Waals surface area contributed by atoms with Gasteiger partial charge in [-0.3, -0.25) is 9.59 Å². The quantitative estimate of drug-likeness (QED) is 0.264. The van der Waals surface area contributed by atoms with Crippen molar-refractivity contribution in [1.29, 1.82) is 0 Å². The van der Waals surface area contributed by atoms with E-state index in [9.17, 15) is 22.8 Å². The Morgan fingerprint density at radius 1 is 0.946 bits per heavy atom. The summed E-state index contributed by atoms with van der Waals surface area (Å²) in [7, 11) is 0. The maximum atomic E-state index is 12.5. The lowest BCUT2D eigenvalue weighted by atomic mass is 9.99. The molecule has 3 rings (SSSR count). The topological polar surface area (TPSA) is 64.6 Å². The molecule has 0 radical (unpaired) electrons. The van der Waals surface area contributed by atoms with E-state index in [0.29, 0.717) is 17.0 Å². The van der Waals surface area contributed by atoms with Crippen LogP contribution in [0.1, 0.15) is 58.8 Å². The number of rotatable bonds is 13. The number of anilines is 1. The Morgan fingerprint density at radius 3 is 2.16 bits per heavy atom. The van der Waals surface area contributed by atoms with E-state index in [1.165, 1.54) is 67.8 Å². The predicted octanol–water partition coefficient (Wildman–Crippen LogP) is 7.87. The number of nitrogens with one attached hydrogen (secondary N) is 1. The third kappa shape index (κ3) is 9.14. The first-order valence-corrected chi connectivity index (χ1v) is 13.2. The van der Waals surface area contributed by atoms with Crippen molar-refractivity contribution in [1.82, 2.24) is 0 Å². The number of amides is 1. The van der Waals surface area contributed by atoms with Crippen molar-refractivity contribution < 1.29 is 32.2 Å². The normalized spacial score (nSPS) is 17.4. The molecule has 0 fully saturated rings. The smallest absolute Gasteiger partial charge is 0.486 e. The zero-order chi connectivity index (χ0) is 26.9. The molecule has 1 unspecified atom stereocenters. The standard InChI is InChI=1S/C28H32F3NO4S/c1-3-4-5-6-7-8-17-27(2)24(18-26(34)37-27)35-19-25(33)32-22-13-9-20(10-14-22)21-11-15-23(16-12-21)36-28(29,30)31/h9-16,18H,3-8,17,19H2,1-2H3,(H,32,33). The number of carbonyl (C=O) groups excluding carboxylic acids is 2. The van der Waals surface area contributed by atoms with Gasteiger partial charge in [0.2, 0.25) is 5.12 Å². The third-order valence-electron chi connectivity index (χ3n) is 6.05. The number of carbonyl (C=O) groups is 2. The van der Waals surface area contributed by atoms with Gasteiger partial charge in [0.25, 0.3) is 5.91 Å². The first-order chi connectivity index (χ1) is 17.6. The summed E-state index contributed by atoms with van der Waals surface area (Å²) in [6, 6.07) is 12.5. The van der Waals surface area contributed by atoms with E-state index in [-0.39, 0.29) is 23.4 Å². The number of benzene rings is 2. The molecule has 2 aromatic carbocycles. The van der Waals surface area contributed by atoms with Crippen LogP contribution in [0.5, 0.6) is 5.75 Å². The summed E-state index contributed by atoms with van der Waals surface area (Å²) >= 11 is 1.25. The van der Waals surface area contributed by atoms with E-state index < -0.39 is 11.1 Å². The molecule has 0 bridgehead atoms. The first-order valence-electron chi connectivity index (χ1n) is 12.4. The molecule has 0 spiro atoms. The molecular weight excluding hydrogens is 503 g/mol. The van der Waals surface area contributed by atoms with Crippen molar-refractivity contribution >= 4 is 28.5 Å². The van der Waals surface area contributed by atoms with Crippen molar-refractivity contribution in [2.75, 3.05) is 11.9 Å². The second kappa shape index (κ2) is 13.0. The number of halogens is 3. The van der Waals surface area contributed by atoms with E-state index in [1.807, 2.05) is 6.92 Å². The zero-order valence-electron chi connectivity index (χ0n) is 21.0. The second-order valence-corrected chi connectivity index (χ2v) is 10.7. The maximum Gasteiger partial charge on any atom is 0.573 e. The van der Waals surface area contributed by atoms with E-state index in [2.05, 4.69) is 17.0 Å². The Balaban J connectivity index is 1.48. The summed E-state index contributed by atoms with van der Waals surface area (Å²) in [4.78, 5) is 24.5. The van der Waals surface area contributed by atoms with Crippen molar-refractivity contribution in [3.05, 3.63) is 60.4 Å². The van der Waals surface area contributed by atoms with Gasteiger partial charge in [-0.05, 0) is 48.7 Å². The molecule has 200 valence electrons. The van der Waals surface area contributed by atoms with Crippen LogP contribution in [0.25, 0.3) is 11.1 Å². The lowest BCUT2D eigenvalue weighted by Gasteiger charge is -2.26. The number of alkyl halides is 3. The number of hydrogen-bond donors (Lipinski definition) is 1. The molecule has 2 aromatic rings. The van der Waals surface area contributed by atoms with Gasteiger partial charge >= 0.3 is 6.36 Å². The molecule has 9 heteroatoms. The number of ether oxygens (including phenoxy) is 2. The highest BCUT2D eigenvalue weighted by atomic mass is 32.2. The summed E-state index contributed by atoms with van der Waals surface area (Å²) in [5, 5.41) is 2.70. The average molecular weight is 536 g/mol. The van der Waals surface area contributed by atoms with Crippen LogP contribution >= 0.6 is 11.8 Å². The minimum Gasteiger partial charge on any atom is -0.486 e. The summed E-state index contributed by atoms with van der Waals surface area (Å²) in [5.41, 5.74) is 2.02. The van der Waals surface area contributed by atoms with E-state index in [0.717, 1.165) is 24.8 Å². The van der Waals surface area contributed by atoms with Crippen LogP contribution in [-0.2, 0) is 14.3 Å². The van der Waals surface area contributed by atoms with Crippen LogP contribution in [0.3, 0.4) is 0 Å². The van der Waals surface area contributed by atoms with Gasteiger partial charge in [-0.15, -0.1) is 13.2 Å². The van der Waals surface area contributed by atoms with Crippen molar-refractivity contribution in [3.8, 4) is 16.9 Å². The number of hydrogen-bond acceptors (Lipinski definition) is 5. The minimum absolute atomic E-state index is 0.0579. The monoisotopic (exact) mass is 535 g/mol. The summed E-state index contributed by atoms with van der Waals surface area (Å²) in [6.45, 7) is 3.96. The predicted molar refractivity (Wildman–Crippen MR) is 140 cm³/mol. The number of thioether (sulfide) groups is 1. The minimum atomic E-state index is -4.74. The van der Waals surface area contributed by atoms with Gasteiger partial charge in [-0.1, -0.05) is 81.5 Å². The van der Waals surface area contributed by atoms with Crippen LogP contribution in [0.2, 0.25) is 0 Å². The Kier molecular flexibility index (Phi) is 10.1. The second-order valence-electron chi connectivity index (χ2n) is 9.16. The van der Waals surface area contributed by atoms with Gasteiger partial charge in [-0.25, -0.2) is 0 Å². The molecule has 1 N–H and O–H groups in total. The van der Waals surface area contributed by atoms with E-state index in [4.69, 9.17) is 4.74 Å². The van der Waals surface area contributed by atoms with Gasteiger partial charge in [-0.2, -0.15) is 0 Å². The first kappa shape index (κ1) is 28.6. The van der Waals surface area contributed by atoms with Crippen LogP contribution in [0.4, 0.5) is 18.9 Å². The Bertz CT molecular complexity index is 1080. The maximum absolute atomic E-state index is 12.5. The zero-order valence-corrected chi connectivity index (χ0v) is 21.8. The molecule has 37 heavy (non-hydrogen) atoms. The van der Waals surface area contributed by atoms with Gasteiger partial charge in [0.1, 0.15) is 11.5 Å². The van der Waals surface area contributed by atoms with Crippen LogP contribution < -0.4 is 10.1 Å². The van der Waals surface area contributed by atoms with Crippen LogP contribution in [0, 0.1) is 0 Å². The molecular formula is C28H32F3NO4S. The summed E-state index contributed by atoms with van der Waals surface area (Å²) in [5.74, 6) is -0.103. The van der Waals surface area contributed by atoms with Gasteiger partial charge < -0.3 is 14.8 Å². The Hall–Kier alpha value is -2.94. The highest BCUT2D eigenvalue weighted by Gasteiger charge is 2.39. The van der Waals surface area contributed by atoms with Gasteiger partial charge in [0, 0.05) is 11.8 Å². The lowest BCUT2D eigenvalue weighted by Crippen LogP contribution is -2.26. The fourth-order valence-electron chi connectivity index (χ4n) is 4.11. The molecule has 5 nitrogen and oxygen atoms in total. The van der Waals surface area contributed by atoms with Crippen molar-refractivity contribution in [3.63, 3.8) is 0 Å². The Morgan fingerprint density at radius 2 is 1.54 bits per heavy atom.